The number of carbonyl (C=O) groups is 1. The summed E-state index contributed by atoms with van der Waals surface area (Å²) in [5.41, 5.74) is 10.0. The minimum atomic E-state index is -0.396. The molecule has 1 aliphatic heterocycles. The molecule has 5 nitrogen and oxygen atoms in total. The lowest BCUT2D eigenvalue weighted by molar-refractivity contribution is 0.0239. The van der Waals surface area contributed by atoms with Gasteiger partial charge in [0.15, 0.2) is 5.78 Å². The van der Waals surface area contributed by atoms with Crippen molar-refractivity contribution in [3.8, 4) is 0 Å². The van der Waals surface area contributed by atoms with Gasteiger partial charge in [0.2, 0.25) is 0 Å². The van der Waals surface area contributed by atoms with Crippen molar-refractivity contribution in [2.75, 3.05) is 18.8 Å². The summed E-state index contributed by atoms with van der Waals surface area (Å²) in [5.74, 6) is 0.336. The third kappa shape index (κ3) is 3.06. The number of anilines is 1. The fraction of sp³-hybridized carbons (Fsp3) is 0.476. The number of nitrogens with two attached hydrogens (primary N) is 1. The van der Waals surface area contributed by atoms with Crippen LogP contribution in [-0.2, 0) is 19.9 Å². The molecular weight excluding hydrogens is 326 g/mol. The zero-order chi connectivity index (χ0) is 18.3. The fourth-order valence-electron chi connectivity index (χ4n) is 4.59. The molecule has 0 radical (unpaired) electrons. The minimum absolute atomic E-state index is 0.0866. The average molecular weight is 353 g/mol. The van der Waals surface area contributed by atoms with Crippen LogP contribution in [0.25, 0.3) is 0 Å². The lowest BCUT2D eigenvalue weighted by atomic mass is 9.82. The monoisotopic (exact) mass is 353 g/mol. The molecule has 2 atom stereocenters. The molecule has 1 aliphatic carbocycles. The number of nitrogen functional groups attached to an aromatic ring is 1. The Bertz CT molecular complexity index is 805. The van der Waals surface area contributed by atoms with E-state index in [1.54, 1.807) is 0 Å². The molecule has 26 heavy (non-hydrogen) atoms. The average Bonchev–Trinajstić information content (AvgIpc) is 3.08. The smallest absolute Gasteiger partial charge is 0.182 e. The van der Waals surface area contributed by atoms with E-state index in [1.807, 2.05) is 42.1 Å². The number of benzene rings is 1. The molecule has 5 heteroatoms. The minimum Gasteiger partial charge on any atom is -0.398 e. The largest absolute Gasteiger partial charge is 0.398 e. The van der Waals surface area contributed by atoms with Crippen LogP contribution in [0, 0.1) is 5.92 Å². The van der Waals surface area contributed by atoms with Crippen molar-refractivity contribution in [1.29, 1.82) is 0 Å². The number of fused-ring (bicyclic) bond motifs is 1. The first-order valence-corrected chi connectivity index (χ1v) is 9.48. The summed E-state index contributed by atoms with van der Waals surface area (Å²) in [6.45, 7) is 1.72. The number of hydrogen-bond acceptors (Lipinski definition) is 4. The molecule has 1 aromatic carbocycles. The van der Waals surface area contributed by atoms with Crippen LogP contribution in [0.3, 0.4) is 0 Å². The Labute approximate surface area is 154 Å². The summed E-state index contributed by atoms with van der Waals surface area (Å²) in [7, 11) is 1.92. The van der Waals surface area contributed by atoms with Crippen molar-refractivity contribution in [3.63, 3.8) is 0 Å². The van der Waals surface area contributed by atoms with E-state index in [-0.39, 0.29) is 17.7 Å². The van der Waals surface area contributed by atoms with Gasteiger partial charge in [-0.2, -0.15) is 0 Å². The Balaban J connectivity index is 1.42. The molecule has 2 aliphatic rings. The van der Waals surface area contributed by atoms with Gasteiger partial charge in [0.05, 0.1) is 11.8 Å². The van der Waals surface area contributed by atoms with Crippen LogP contribution in [0.1, 0.15) is 34.5 Å². The maximum atomic E-state index is 12.7. The normalized spacial score (nSPS) is 24.4. The van der Waals surface area contributed by atoms with Crippen molar-refractivity contribution in [3.05, 3.63) is 53.3 Å². The lowest BCUT2D eigenvalue weighted by Gasteiger charge is -2.42. The van der Waals surface area contributed by atoms with E-state index >= 15 is 0 Å². The highest BCUT2D eigenvalue weighted by molar-refractivity contribution is 5.96. The third-order valence-electron chi connectivity index (χ3n) is 6.16. The predicted molar refractivity (Wildman–Crippen MR) is 102 cm³/mol. The van der Waals surface area contributed by atoms with Crippen LogP contribution < -0.4 is 5.73 Å². The number of aromatic nitrogens is 1. The Morgan fingerprint density at radius 1 is 1.15 bits per heavy atom. The van der Waals surface area contributed by atoms with Crippen LogP contribution in [-0.4, -0.2) is 45.6 Å². The van der Waals surface area contributed by atoms with Gasteiger partial charge in [-0.1, -0.05) is 12.1 Å². The summed E-state index contributed by atoms with van der Waals surface area (Å²) < 4.78 is 1.90. The number of Topliss-reactive ketones (excluding diaryl/α,β-unsaturated/α-hetero) is 1. The van der Waals surface area contributed by atoms with Gasteiger partial charge in [0.1, 0.15) is 0 Å². The number of hydrogen-bond donors (Lipinski definition) is 2. The first-order valence-electron chi connectivity index (χ1n) is 9.48. The molecule has 1 aromatic heterocycles. The van der Waals surface area contributed by atoms with Gasteiger partial charge < -0.3 is 15.4 Å². The van der Waals surface area contributed by atoms with E-state index in [1.165, 1.54) is 5.56 Å². The Morgan fingerprint density at radius 2 is 1.92 bits per heavy atom. The molecule has 2 heterocycles. The molecule has 1 fully saturated rings. The highest BCUT2D eigenvalue weighted by atomic mass is 16.3. The molecule has 1 saturated heterocycles. The number of nitrogens with zero attached hydrogens (tertiary/aromatic N) is 2. The van der Waals surface area contributed by atoms with E-state index in [2.05, 4.69) is 11.0 Å². The molecule has 4 rings (SSSR count). The molecular formula is C21H27N3O2. The number of rotatable bonds is 3. The quantitative estimate of drug-likeness (QED) is 0.654. The Kier molecular flexibility index (Phi) is 4.59. The van der Waals surface area contributed by atoms with Gasteiger partial charge >= 0.3 is 0 Å². The summed E-state index contributed by atoms with van der Waals surface area (Å²) in [6, 6.07) is 9.97. The van der Waals surface area contributed by atoms with Gasteiger partial charge in [-0.3, -0.25) is 9.69 Å². The Morgan fingerprint density at radius 3 is 2.62 bits per heavy atom. The number of ketones is 1. The molecule has 0 saturated carbocycles. The lowest BCUT2D eigenvalue weighted by Crippen LogP contribution is -2.51. The third-order valence-corrected chi connectivity index (χ3v) is 6.16. The van der Waals surface area contributed by atoms with E-state index < -0.39 is 6.10 Å². The number of likely N-dealkylation sites (tertiary alicyclic amines) is 1. The first kappa shape index (κ1) is 17.3. The second-order valence-electron chi connectivity index (χ2n) is 7.71. The van der Waals surface area contributed by atoms with E-state index in [0.717, 1.165) is 49.3 Å². The molecule has 0 amide bonds. The number of carbonyl (C=O) groups excluding carboxylic acids is 1. The van der Waals surface area contributed by atoms with Crippen LogP contribution in [0.15, 0.2) is 36.5 Å². The number of piperidine rings is 1. The molecule has 0 unspecified atom stereocenters. The summed E-state index contributed by atoms with van der Waals surface area (Å²) in [4.78, 5) is 15.1. The maximum absolute atomic E-state index is 12.7. The predicted octanol–water partition coefficient (Wildman–Crippen LogP) is 2.03. The van der Waals surface area contributed by atoms with Crippen LogP contribution >= 0.6 is 0 Å². The molecule has 0 bridgehead atoms. The second-order valence-corrected chi connectivity index (χ2v) is 7.71. The van der Waals surface area contributed by atoms with Gasteiger partial charge in [-0.15, -0.1) is 0 Å². The van der Waals surface area contributed by atoms with Gasteiger partial charge in [0.25, 0.3) is 0 Å². The second kappa shape index (κ2) is 6.89. The zero-order valence-electron chi connectivity index (χ0n) is 15.3. The molecule has 3 N–H and O–H groups in total. The van der Waals surface area contributed by atoms with E-state index in [4.69, 9.17) is 5.73 Å². The van der Waals surface area contributed by atoms with Gasteiger partial charge in [-0.05, 0) is 61.7 Å². The number of aliphatic hydroxyl groups is 1. The molecule has 2 aromatic rings. The topological polar surface area (TPSA) is 71.5 Å². The zero-order valence-corrected chi connectivity index (χ0v) is 15.3. The highest BCUT2D eigenvalue weighted by Crippen LogP contribution is 2.31. The number of aryl methyl sites for hydroxylation is 1. The van der Waals surface area contributed by atoms with Crippen molar-refractivity contribution in [1.82, 2.24) is 9.47 Å². The Hall–Kier alpha value is -2.11. The molecule has 138 valence electrons. The number of aliphatic hydroxyl groups excluding tert-OH is 1. The van der Waals surface area contributed by atoms with Crippen LogP contribution in [0.5, 0.6) is 0 Å². The van der Waals surface area contributed by atoms with Gasteiger partial charge in [-0.25, -0.2) is 0 Å². The van der Waals surface area contributed by atoms with Gasteiger partial charge in [0, 0.05) is 37.3 Å². The van der Waals surface area contributed by atoms with Crippen molar-refractivity contribution in [2.24, 2.45) is 13.0 Å². The van der Waals surface area contributed by atoms with Crippen molar-refractivity contribution >= 4 is 11.5 Å². The van der Waals surface area contributed by atoms with Crippen LogP contribution in [0.2, 0.25) is 0 Å². The standard InChI is InChI=1S/C21H27N3O2/c1-23-9-3-6-18(23)21(26)14-7-10-24(11-8-14)19-12-15-4-2-5-17(22)16(15)13-20(19)25/h2-6,9,14,19-20,25H,7-8,10-13,22H2,1H3/t19-,20-/m1/s1. The SMILES string of the molecule is Cn1cccc1C(=O)C1CCN([C@@H]2Cc3cccc(N)c3C[C@H]2O)CC1. The van der Waals surface area contributed by atoms with Crippen molar-refractivity contribution in [2.45, 2.75) is 37.8 Å². The fourth-order valence-corrected chi connectivity index (χ4v) is 4.59. The van der Waals surface area contributed by atoms with Crippen LogP contribution in [0.4, 0.5) is 5.69 Å². The molecule has 0 spiro atoms. The summed E-state index contributed by atoms with van der Waals surface area (Å²) in [6.07, 6.45) is 4.69. The van der Waals surface area contributed by atoms with Crippen molar-refractivity contribution < 1.29 is 9.90 Å². The van der Waals surface area contributed by atoms with E-state index in [0.29, 0.717) is 6.42 Å². The maximum Gasteiger partial charge on any atom is 0.182 e. The highest BCUT2D eigenvalue weighted by Gasteiger charge is 2.35. The summed E-state index contributed by atoms with van der Waals surface area (Å²) >= 11 is 0. The van der Waals surface area contributed by atoms with E-state index in [9.17, 15) is 9.90 Å². The first-order chi connectivity index (χ1) is 12.5. The summed E-state index contributed by atoms with van der Waals surface area (Å²) in [5, 5.41) is 10.7.